The Morgan fingerprint density at radius 3 is 2.84 bits per heavy atom. The minimum atomic E-state index is -0.131. The van der Waals surface area contributed by atoms with Gasteiger partial charge in [-0.2, -0.15) is 0 Å². The SMILES string of the molecule is CCCCN(C)C(C)C(=O)Nc1cccc(CN)c1. The molecule has 1 rings (SSSR count). The minimum Gasteiger partial charge on any atom is -0.326 e. The lowest BCUT2D eigenvalue weighted by molar-refractivity contribution is -0.120. The number of amides is 1. The summed E-state index contributed by atoms with van der Waals surface area (Å²) in [5, 5.41) is 2.94. The molecule has 1 unspecified atom stereocenters. The predicted octanol–water partition coefficient (Wildman–Crippen LogP) is 2.20. The number of nitrogens with one attached hydrogen (secondary N) is 1. The second-order valence-corrected chi connectivity index (χ2v) is 4.90. The van der Waals surface area contributed by atoms with Crippen molar-refractivity contribution in [2.24, 2.45) is 5.73 Å². The van der Waals surface area contributed by atoms with Gasteiger partial charge in [0, 0.05) is 12.2 Å². The van der Waals surface area contributed by atoms with Crippen molar-refractivity contribution in [3.63, 3.8) is 0 Å². The minimum absolute atomic E-state index is 0.0211. The summed E-state index contributed by atoms with van der Waals surface area (Å²) in [4.78, 5) is 14.2. The monoisotopic (exact) mass is 263 g/mol. The maximum atomic E-state index is 12.1. The van der Waals surface area contributed by atoms with Crippen LogP contribution in [0.3, 0.4) is 0 Å². The maximum absolute atomic E-state index is 12.1. The largest absolute Gasteiger partial charge is 0.326 e. The van der Waals surface area contributed by atoms with E-state index < -0.39 is 0 Å². The van der Waals surface area contributed by atoms with Gasteiger partial charge in [-0.25, -0.2) is 0 Å². The number of hydrogen-bond acceptors (Lipinski definition) is 3. The van der Waals surface area contributed by atoms with Gasteiger partial charge in [0.15, 0.2) is 0 Å². The summed E-state index contributed by atoms with van der Waals surface area (Å²) in [5.74, 6) is 0.0211. The summed E-state index contributed by atoms with van der Waals surface area (Å²) in [7, 11) is 1.98. The van der Waals surface area contributed by atoms with Crippen molar-refractivity contribution in [2.45, 2.75) is 39.3 Å². The molecule has 4 nitrogen and oxygen atoms in total. The van der Waals surface area contributed by atoms with E-state index in [1.807, 2.05) is 38.2 Å². The zero-order valence-electron chi connectivity index (χ0n) is 12.1. The first kappa shape index (κ1) is 15.7. The molecule has 0 bridgehead atoms. The zero-order valence-corrected chi connectivity index (χ0v) is 12.1. The van der Waals surface area contributed by atoms with Crippen LogP contribution in [-0.2, 0) is 11.3 Å². The Bertz CT molecular complexity index is 406. The Hall–Kier alpha value is -1.39. The molecule has 0 saturated heterocycles. The van der Waals surface area contributed by atoms with Crippen LogP contribution in [0.25, 0.3) is 0 Å². The van der Waals surface area contributed by atoms with E-state index in [4.69, 9.17) is 5.73 Å². The van der Waals surface area contributed by atoms with E-state index in [2.05, 4.69) is 17.1 Å². The molecule has 0 fully saturated rings. The molecular formula is C15H25N3O. The predicted molar refractivity (Wildman–Crippen MR) is 80.0 cm³/mol. The van der Waals surface area contributed by atoms with Gasteiger partial charge in [-0.3, -0.25) is 9.69 Å². The number of anilines is 1. The van der Waals surface area contributed by atoms with Gasteiger partial charge in [0.25, 0.3) is 0 Å². The summed E-state index contributed by atoms with van der Waals surface area (Å²) in [6.45, 7) is 5.50. The van der Waals surface area contributed by atoms with Crippen LogP contribution in [0.4, 0.5) is 5.69 Å². The highest BCUT2D eigenvalue weighted by Crippen LogP contribution is 2.11. The number of unbranched alkanes of at least 4 members (excludes halogenated alkanes) is 1. The van der Waals surface area contributed by atoms with Crippen molar-refractivity contribution in [3.8, 4) is 0 Å². The molecule has 1 atom stereocenters. The van der Waals surface area contributed by atoms with Crippen LogP contribution in [0.15, 0.2) is 24.3 Å². The molecule has 0 heterocycles. The molecule has 0 aromatic heterocycles. The lowest BCUT2D eigenvalue weighted by Gasteiger charge is -2.23. The lowest BCUT2D eigenvalue weighted by Crippen LogP contribution is -2.40. The third-order valence-electron chi connectivity index (χ3n) is 3.34. The summed E-state index contributed by atoms with van der Waals surface area (Å²) in [6.07, 6.45) is 2.24. The Kier molecular flexibility index (Phi) is 6.53. The number of nitrogens with zero attached hydrogens (tertiary/aromatic N) is 1. The van der Waals surface area contributed by atoms with Crippen LogP contribution in [0.5, 0.6) is 0 Å². The molecule has 1 aromatic rings. The van der Waals surface area contributed by atoms with E-state index in [-0.39, 0.29) is 11.9 Å². The van der Waals surface area contributed by atoms with Crippen LogP contribution < -0.4 is 11.1 Å². The Morgan fingerprint density at radius 2 is 2.21 bits per heavy atom. The average molecular weight is 263 g/mol. The van der Waals surface area contributed by atoms with Gasteiger partial charge in [-0.05, 0) is 44.6 Å². The normalized spacial score (nSPS) is 12.5. The number of likely N-dealkylation sites (N-methyl/N-ethyl adjacent to an activating group) is 1. The number of hydrogen-bond donors (Lipinski definition) is 2. The molecule has 0 aliphatic heterocycles. The quantitative estimate of drug-likeness (QED) is 0.793. The standard InChI is InChI=1S/C15H25N3O/c1-4-5-9-18(3)12(2)15(19)17-14-8-6-7-13(10-14)11-16/h6-8,10,12H,4-5,9,11,16H2,1-3H3,(H,17,19). The molecule has 0 saturated carbocycles. The van der Waals surface area contributed by atoms with Gasteiger partial charge >= 0.3 is 0 Å². The van der Waals surface area contributed by atoms with Crippen molar-refractivity contribution in [1.82, 2.24) is 4.90 Å². The molecule has 0 aliphatic carbocycles. The van der Waals surface area contributed by atoms with Crippen molar-refractivity contribution in [1.29, 1.82) is 0 Å². The highest BCUT2D eigenvalue weighted by molar-refractivity contribution is 5.94. The fourth-order valence-corrected chi connectivity index (χ4v) is 1.82. The Morgan fingerprint density at radius 1 is 1.47 bits per heavy atom. The molecule has 19 heavy (non-hydrogen) atoms. The third kappa shape index (κ3) is 5.01. The van der Waals surface area contributed by atoms with Gasteiger partial charge in [-0.1, -0.05) is 25.5 Å². The number of carbonyl (C=O) groups excluding carboxylic acids is 1. The summed E-state index contributed by atoms with van der Waals surface area (Å²) >= 11 is 0. The van der Waals surface area contributed by atoms with E-state index in [9.17, 15) is 4.79 Å². The highest BCUT2D eigenvalue weighted by atomic mass is 16.2. The zero-order chi connectivity index (χ0) is 14.3. The first-order valence-electron chi connectivity index (χ1n) is 6.88. The lowest BCUT2D eigenvalue weighted by atomic mass is 10.2. The van der Waals surface area contributed by atoms with Crippen LogP contribution in [0.2, 0.25) is 0 Å². The van der Waals surface area contributed by atoms with E-state index in [0.29, 0.717) is 6.54 Å². The molecule has 1 aromatic carbocycles. The van der Waals surface area contributed by atoms with E-state index in [1.54, 1.807) is 0 Å². The molecule has 0 spiro atoms. The third-order valence-corrected chi connectivity index (χ3v) is 3.34. The molecule has 106 valence electrons. The number of benzene rings is 1. The van der Waals surface area contributed by atoms with Crippen LogP contribution in [-0.4, -0.2) is 30.4 Å². The summed E-state index contributed by atoms with van der Waals surface area (Å²) in [5.41, 5.74) is 7.42. The van der Waals surface area contributed by atoms with Gasteiger partial charge in [-0.15, -0.1) is 0 Å². The van der Waals surface area contributed by atoms with Crippen molar-refractivity contribution < 1.29 is 4.79 Å². The Labute approximate surface area is 116 Å². The number of nitrogens with two attached hydrogens (primary N) is 1. The van der Waals surface area contributed by atoms with Gasteiger partial charge < -0.3 is 11.1 Å². The van der Waals surface area contributed by atoms with Gasteiger partial charge in [0.2, 0.25) is 5.91 Å². The van der Waals surface area contributed by atoms with Crippen molar-refractivity contribution >= 4 is 11.6 Å². The fourth-order valence-electron chi connectivity index (χ4n) is 1.82. The van der Waals surface area contributed by atoms with E-state index in [0.717, 1.165) is 30.6 Å². The first-order valence-corrected chi connectivity index (χ1v) is 6.88. The first-order chi connectivity index (χ1) is 9.08. The van der Waals surface area contributed by atoms with Gasteiger partial charge in [0.05, 0.1) is 6.04 Å². The number of carbonyl (C=O) groups is 1. The van der Waals surface area contributed by atoms with Crippen LogP contribution in [0, 0.1) is 0 Å². The molecule has 4 heteroatoms. The van der Waals surface area contributed by atoms with Crippen molar-refractivity contribution in [2.75, 3.05) is 18.9 Å². The summed E-state index contributed by atoms with van der Waals surface area (Å²) in [6, 6.07) is 7.52. The molecule has 0 radical (unpaired) electrons. The maximum Gasteiger partial charge on any atom is 0.241 e. The fraction of sp³-hybridized carbons (Fsp3) is 0.533. The van der Waals surface area contributed by atoms with Crippen LogP contribution >= 0.6 is 0 Å². The number of rotatable bonds is 7. The molecule has 3 N–H and O–H groups in total. The van der Waals surface area contributed by atoms with Gasteiger partial charge in [0.1, 0.15) is 0 Å². The molecular weight excluding hydrogens is 238 g/mol. The van der Waals surface area contributed by atoms with E-state index in [1.165, 1.54) is 0 Å². The average Bonchev–Trinajstić information content (AvgIpc) is 2.43. The topological polar surface area (TPSA) is 58.4 Å². The highest BCUT2D eigenvalue weighted by Gasteiger charge is 2.17. The second kappa shape index (κ2) is 7.92. The van der Waals surface area contributed by atoms with Crippen molar-refractivity contribution in [3.05, 3.63) is 29.8 Å². The summed E-state index contributed by atoms with van der Waals surface area (Å²) < 4.78 is 0. The molecule has 0 aliphatic rings. The molecule has 1 amide bonds. The smallest absolute Gasteiger partial charge is 0.241 e. The van der Waals surface area contributed by atoms with E-state index >= 15 is 0 Å². The van der Waals surface area contributed by atoms with Crippen LogP contribution in [0.1, 0.15) is 32.3 Å². The Balaban J connectivity index is 2.57. The second-order valence-electron chi connectivity index (χ2n) is 4.90.